The second-order valence-corrected chi connectivity index (χ2v) is 3.31. The first kappa shape index (κ1) is 8.30. The highest BCUT2D eigenvalue weighted by Crippen LogP contribution is 2.33. The van der Waals surface area contributed by atoms with E-state index in [-0.39, 0.29) is 11.9 Å². The summed E-state index contributed by atoms with van der Waals surface area (Å²) in [6, 6.07) is 8.08. The van der Waals surface area contributed by atoms with E-state index >= 15 is 0 Å². The highest BCUT2D eigenvalue weighted by atomic mass is 16.5. The number of carbonyl (C=O) groups is 1. The van der Waals surface area contributed by atoms with Gasteiger partial charge in [0.1, 0.15) is 0 Å². The van der Waals surface area contributed by atoms with Gasteiger partial charge in [-0.1, -0.05) is 24.3 Å². The van der Waals surface area contributed by atoms with E-state index in [9.17, 15) is 4.79 Å². The van der Waals surface area contributed by atoms with Gasteiger partial charge in [-0.25, -0.2) is 0 Å². The maximum absolute atomic E-state index is 11.4. The van der Waals surface area contributed by atoms with E-state index < -0.39 is 0 Å². The van der Waals surface area contributed by atoms with Crippen LogP contribution >= 0.6 is 0 Å². The van der Waals surface area contributed by atoms with Crippen LogP contribution in [0.15, 0.2) is 24.3 Å². The summed E-state index contributed by atoms with van der Waals surface area (Å²) in [4.78, 5) is 11.4. The quantitative estimate of drug-likeness (QED) is 0.611. The molecule has 1 aromatic rings. The van der Waals surface area contributed by atoms with Gasteiger partial charge in [0.25, 0.3) is 0 Å². The first-order valence-corrected chi connectivity index (χ1v) is 4.48. The fraction of sp³-hybridized carbons (Fsp3) is 0.364. The molecule has 2 nitrogen and oxygen atoms in total. The lowest BCUT2D eigenvalue weighted by atomic mass is 10.0. The van der Waals surface area contributed by atoms with Gasteiger partial charge in [-0.15, -0.1) is 0 Å². The zero-order valence-electron chi connectivity index (χ0n) is 7.62. The Labute approximate surface area is 77.5 Å². The minimum Gasteiger partial charge on any atom is -0.469 e. The molecule has 0 radical (unpaired) electrons. The molecular formula is C11H12O2. The summed E-state index contributed by atoms with van der Waals surface area (Å²) < 4.78 is 4.75. The summed E-state index contributed by atoms with van der Waals surface area (Å²) in [5, 5.41) is 0. The Kier molecular flexibility index (Phi) is 2.05. The van der Waals surface area contributed by atoms with Gasteiger partial charge < -0.3 is 4.74 Å². The molecule has 0 aliphatic heterocycles. The Morgan fingerprint density at radius 2 is 2.23 bits per heavy atom. The number of ether oxygens (including phenoxy) is 1. The lowest BCUT2D eigenvalue weighted by Crippen LogP contribution is -2.10. The molecule has 0 fully saturated rings. The number of aryl methyl sites for hydroxylation is 1. The van der Waals surface area contributed by atoms with E-state index in [1.807, 2.05) is 18.2 Å². The van der Waals surface area contributed by atoms with Gasteiger partial charge in [0.05, 0.1) is 13.0 Å². The summed E-state index contributed by atoms with van der Waals surface area (Å²) in [5.41, 5.74) is 2.44. The predicted octanol–water partition coefficient (Wildman–Crippen LogP) is 1.89. The standard InChI is InChI=1S/C11H12O2/c1-13-11(12)10-7-6-8-4-2-3-5-9(8)10/h2-5,10H,6-7H2,1H3/t10-/m1/s1. The first-order valence-electron chi connectivity index (χ1n) is 4.48. The average Bonchev–Trinajstić information content (AvgIpc) is 2.60. The van der Waals surface area contributed by atoms with Crippen LogP contribution in [-0.4, -0.2) is 13.1 Å². The van der Waals surface area contributed by atoms with Crippen molar-refractivity contribution in [1.82, 2.24) is 0 Å². The zero-order chi connectivity index (χ0) is 9.26. The van der Waals surface area contributed by atoms with Crippen molar-refractivity contribution in [3.63, 3.8) is 0 Å². The molecule has 68 valence electrons. The third-order valence-corrected chi connectivity index (χ3v) is 2.62. The minimum absolute atomic E-state index is 0.0267. The number of methoxy groups -OCH3 is 1. The fourth-order valence-corrected chi connectivity index (χ4v) is 1.94. The maximum Gasteiger partial charge on any atom is 0.313 e. The monoisotopic (exact) mass is 176 g/mol. The molecule has 0 spiro atoms. The molecular weight excluding hydrogens is 164 g/mol. The predicted molar refractivity (Wildman–Crippen MR) is 49.5 cm³/mol. The Morgan fingerprint density at radius 1 is 1.46 bits per heavy atom. The Morgan fingerprint density at radius 3 is 3.00 bits per heavy atom. The third-order valence-electron chi connectivity index (χ3n) is 2.62. The van der Waals surface area contributed by atoms with E-state index in [1.54, 1.807) is 0 Å². The van der Waals surface area contributed by atoms with Crippen LogP contribution in [0.3, 0.4) is 0 Å². The summed E-state index contributed by atoms with van der Waals surface area (Å²) in [7, 11) is 1.45. The van der Waals surface area contributed by atoms with E-state index in [0.29, 0.717) is 0 Å². The molecule has 0 saturated carbocycles. The van der Waals surface area contributed by atoms with Gasteiger partial charge in [-0.3, -0.25) is 4.79 Å². The topological polar surface area (TPSA) is 26.3 Å². The highest BCUT2D eigenvalue weighted by molar-refractivity contribution is 5.79. The number of fused-ring (bicyclic) bond motifs is 1. The van der Waals surface area contributed by atoms with Crippen LogP contribution in [0.5, 0.6) is 0 Å². The zero-order valence-corrected chi connectivity index (χ0v) is 7.62. The lowest BCUT2D eigenvalue weighted by Gasteiger charge is -2.07. The molecule has 13 heavy (non-hydrogen) atoms. The molecule has 0 bridgehead atoms. The van der Waals surface area contributed by atoms with E-state index in [2.05, 4.69) is 6.07 Å². The van der Waals surface area contributed by atoms with Gasteiger partial charge >= 0.3 is 5.97 Å². The van der Waals surface area contributed by atoms with Crippen molar-refractivity contribution in [2.45, 2.75) is 18.8 Å². The van der Waals surface area contributed by atoms with Gasteiger partial charge in [-0.05, 0) is 24.0 Å². The normalized spacial score (nSPS) is 19.6. The molecule has 0 aromatic heterocycles. The van der Waals surface area contributed by atoms with E-state index in [1.165, 1.54) is 12.7 Å². The van der Waals surface area contributed by atoms with Crippen LogP contribution in [0.2, 0.25) is 0 Å². The number of hydrogen-bond acceptors (Lipinski definition) is 2. The Balaban J connectivity index is 2.33. The maximum atomic E-state index is 11.4. The van der Waals surface area contributed by atoms with Crippen molar-refractivity contribution >= 4 is 5.97 Å². The number of benzene rings is 1. The molecule has 1 aromatic carbocycles. The average molecular weight is 176 g/mol. The molecule has 1 aliphatic carbocycles. The second-order valence-electron chi connectivity index (χ2n) is 3.31. The lowest BCUT2D eigenvalue weighted by molar-refractivity contribution is -0.142. The molecule has 0 unspecified atom stereocenters. The molecule has 1 aliphatic rings. The summed E-state index contributed by atoms with van der Waals surface area (Å²) in [6.07, 6.45) is 1.89. The van der Waals surface area contributed by atoms with E-state index in [0.717, 1.165) is 18.4 Å². The minimum atomic E-state index is -0.107. The highest BCUT2D eigenvalue weighted by Gasteiger charge is 2.28. The number of hydrogen-bond donors (Lipinski definition) is 0. The van der Waals surface area contributed by atoms with Crippen LogP contribution in [-0.2, 0) is 16.0 Å². The van der Waals surface area contributed by atoms with Gasteiger partial charge in [0.15, 0.2) is 0 Å². The number of rotatable bonds is 1. The van der Waals surface area contributed by atoms with Gasteiger partial charge in [0.2, 0.25) is 0 Å². The number of carbonyl (C=O) groups excluding carboxylic acids is 1. The van der Waals surface area contributed by atoms with Crippen molar-refractivity contribution in [2.24, 2.45) is 0 Å². The smallest absolute Gasteiger partial charge is 0.313 e. The largest absolute Gasteiger partial charge is 0.469 e. The molecule has 2 heteroatoms. The summed E-state index contributed by atoms with van der Waals surface area (Å²) >= 11 is 0. The number of esters is 1. The summed E-state index contributed by atoms with van der Waals surface area (Å²) in [6.45, 7) is 0. The van der Waals surface area contributed by atoms with Crippen molar-refractivity contribution in [1.29, 1.82) is 0 Å². The van der Waals surface area contributed by atoms with Crippen molar-refractivity contribution < 1.29 is 9.53 Å². The third kappa shape index (κ3) is 1.32. The van der Waals surface area contributed by atoms with Crippen molar-refractivity contribution in [3.05, 3.63) is 35.4 Å². The van der Waals surface area contributed by atoms with Crippen molar-refractivity contribution in [3.8, 4) is 0 Å². The van der Waals surface area contributed by atoms with Crippen LogP contribution in [0.25, 0.3) is 0 Å². The summed E-state index contributed by atoms with van der Waals surface area (Å²) in [5.74, 6) is -0.133. The molecule has 0 saturated heterocycles. The SMILES string of the molecule is COC(=O)[C@@H]1CCc2ccccc21. The molecule has 0 heterocycles. The molecule has 2 rings (SSSR count). The van der Waals surface area contributed by atoms with Gasteiger partial charge in [-0.2, -0.15) is 0 Å². The van der Waals surface area contributed by atoms with Crippen LogP contribution in [0, 0.1) is 0 Å². The van der Waals surface area contributed by atoms with Gasteiger partial charge in [0, 0.05) is 0 Å². The molecule has 0 N–H and O–H groups in total. The van der Waals surface area contributed by atoms with Crippen LogP contribution in [0.1, 0.15) is 23.5 Å². The molecule has 0 amide bonds. The fourth-order valence-electron chi connectivity index (χ4n) is 1.94. The van der Waals surface area contributed by atoms with Crippen LogP contribution < -0.4 is 0 Å². The van der Waals surface area contributed by atoms with Crippen LogP contribution in [0.4, 0.5) is 0 Å². The Bertz CT molecular complexity index is 331. The second kappa shape index (κ2) is 3.21. The van der Waals surface area contributed by atoms with E-state index in [4.69, 9.17) is 4.74 Å². The molecule has 1 atom stereocenters. The van der Waals surface area contributed by atoms with Crippen molar-refractivity contribution in [2.75, 3.05) is 7.11 Å². The Hall–Kier alpha value is -1.31. The first-order chi connectivity index (χ1) is 6.33.